The van der Waals surface area contributed by atoms with E-state index in [0.717, 1.165) is 22.3 Å². The van der Waals surface area contributed by atoms with E-state index in [-0.39, 0.29) is 25.5 Å². The van der Waals surface area contributed by atoms with Gasteiger partial charge in [-0.25, -0.2) is 4.79 Å². The lowest BCUT2D eigenvalue weighted by Gasteiger charge is -2.19. The minimum atomic E-state index is -1.16. The number of rotatable bonds is 8. The van der Waals surface area contributed by atoms with Gasteiger partial charge in [0.15, 0.2) is 0 Å². The molecule has 1 aliphatic carbocycles. The van der Waals surface area contributed by atoms with E-state index in [9.17, 15) is 15.0 Å². The van der Waals surface area contributed by atoms with E-state index in [1.807, 2.05) is 24.3 Å². The number of fused-ring (bicyclic) bond motifs is 3. The van der Waals surface area contributed by atoms with E-state index >= 15 is 0 Å². The summed E-state index contributed by atoms with van der Waals surface area (Å²) in [5, 5.41) is 23.8. The van der Waals surface area contributed by atoms with Crippen LogP contribution in [0.5, 0.6) is 5.75 Å². The molecule has 0 bridgehead atoms. The van der Waals surface area contributed by atoms with Crippen LogP contribution in [0.1, 0.15) is 35.1 Å². The molecule has 0 saturated heterocycles. The third kappa shape index (κ3) is 5.14. The normalized spacial score (nSPS) is 14.2. The predicted octanol–water partition coefficient (Wildman–Crippen LogP) is 4.67. The summed E-state index contributed by atoms with van der Waals surface area (Å²) < 4.78 is 10.6. The average molecular weight is 468 g/mol. The van der Waals surface area contributed by atoms with Crippen molar-refractivity contribution < 1.29 is 24.5 Å². The number of carbonyl (C=O) groups excluding carboxylic acids is 1. The topological polar surface area (TPSA) is 88.0 Å². The van der Waals surface area contributed by atoms with Gasteiger partial charge in [0.25, 0.3) is 0 Å². The van der Waals surface area contributed by atoms with Gasteiger partial charge in [0, 0.05) is 17.5 Å². The van der Waals surface area contributed by atoms with Gasteiger partial charge in [-0.3, -0.25) is 0 Å². The molecular formula is C26H26ClNO5. The largest absolute Gasteiger partial charge is 0.497 e. The molecule has 0 fully saturated rings. The smallest absolute Gasteiger partial charge is 0.407 e. The van der Waals surface area contributed by atoms with Crippen molar-refractivity contribution in [2.75, 3.05) is 20.3 Å². The molecule has 1 amide bonds. The molecule has 2 unspecified atom stereocenters. The lowest BCUT2D eigenvalue weighted by atomic mass is 9.98. The minimum Gasteiger partial charge on any atom is -0.497 e. The zero-order valence-corrected chi connectivity index (χ0v) is 19.0. The van der Waals surface area contributed by atoms with Crippen LogP contribution in [0.2, 0.25) is 5.02 Å². The number of benzene rings is 3. The molecule has 6 nitrogen and oxygen atoms in total. The quantitative estimate of drug-likeness (QED) is 0.448. The standard InChI is InChI=1S/C26H26ClNO5/c1-32-18-13-16(12-17(27)14-18)25(30)24(29)10-11-28-26(31)33-15-23-21-8-4-2-6-19(21)20-7-3-5-9-22(20)23/h2-9,12-14,23-25,29-30H,10-11,15H2,1H3,(H,28,31). The van der Waals surface area contributed by atoms with Crippen molar-refractivity contribution in [3.8, 4) is 16.9 Å². The van der Waals surface area contributed by atoms with Crippen LogP contribution in [0.25, 0.3) is 11.1 Å². The number of carbonyl (C=O) groups is 1. The molecule has 172 valence electrons. The molecule has 0 radical (unpaired) electrons. The Hall–Kier alpha value is -3.06. The number of aliphatic hydroxyl groups is 2. The van der Waals surface area contributed by atoms with Gasteiger partial charge in [0.05, 0.1) is 13.2 Å². The van der Waals surface area contributed by atoms with Gasteiger partial charge in [-0.1, -0.05) is 60.1 Å². The van der Waals surface area contributed by atoms with E-state index in [1.54, 1.807) is 18.2 Å². The summed E-state index contributed by atoms with van der Waals surface area (Å²) in [4.78, 5) is 12.3. The van der Waals surface area contributed by atoms with Crippen molar-refractivity contribution in [1.82, 2.24) is 5.32 Å². The highest BCUT2D eigenvalue weighted by atomic mass is 35.5. The van der Waals surface area contributed by atoms with Crippen molar-refractivity contribution in [1.29, 1.82) is 0 Å². The average Bonchev–Trinajstić information content (AvgIpc) is 3.15. The maximum absolute atomic E-state index is 12.3. The Bertz CT molecular complexity index is 1090. The first kappa shape index (κ1) is 23.1. The maximum atomic E-state index is 12.3. The zero-order valence-electron chi connectivity index (χ0n) is 18.2. The molecule has 2 atom stereocenters. The number of hydrogen-bond donors (Lipinski definition) is 3. The fraction of sp³-hybridized carbons (Fsp3) is 0.269. The summed E-state index contributed by atoms with van der Waals surface area (Å²) >= 11 is 6.03. The second kappa shape index (κ2) is 10.3. The fourth-order valence-corrected chi connectivity index (χ4v) is 4.46. The Balaban J connectivity index is 1.29. The fourth-order valence-electron chi connectivity index (χ4n) is 4.22. The first-order valence-corrected chi connectivity index (χ1v) is 11.1. The molecule has 0 aromatic heterocycles. The number of alkyl carbamates (subject to hydrolysis) is 1. The Morgan fingerprint density at radius 3 is 2.30 bits per heavy atom. The van der Waals surface area contributed by atoms with Crippen LogP contribution in [-0.2, 0) is 4.74 Å². The number of methoxy groups -OCH3 is 1. The van der Waals surface area contributed by atoms with Crippen LogP contribution in [0.4, 0.5) is 4.79 Å². The first-order valence-electron chi connectivity index (χ1n) is 10.8. The highest BCUT2D eigenvalue weighted by molar-refractivity contribution is 6.30. The van der Waals surface area contributed by atoms with Gasteiger partial charge in [0.1, 0.15) is 18.5 Å². The highest BCUT2D eigenvalue weighted by Crippen LogP contribution is 2.44. The Kier molecular flexibility index (Phi) is 7.18. The van der Waals surface area contributed by atoms with Crippen molar-refractivity contribution >= 4 is 17.7 Å². The number of amides is 1. The van der Waals surface area contributed by atoms with E-state index < -0.39 is 18.3 Å². The third-order valence-electron chi connectivity index (χ3n) is 5.89. The van der Waals surface area contributed by atoms with Crippen LogP contribution in [0.3, 0.4) is 0 Å². The Morgan fingerprint density at radius 2 is 1.67 bits per heavy atom. The number of hydrogen-bond acceptors (Lipinski definition) is 5. The van der Waals surface area contributed by atoms with Gasteiger partial charge in [-0.05, 0) is 52.4 Å². The monoisotopic (exact) mass is 467 g/mol. The molecule has 7 heteroatoms. The second-order valence-corrected chi connectivity index (χ2v) is 8.41. The van der Waals surface area contributed by atoms with Gasteiger partial charge in [-0.15, -0.1) is 0 Å². The number of aliphatic hydroxyl groups excluding tert-OH is 2. The predicted molar refractivity (Wildman–Crippen MR) is 127 cm³/mol. The molecule has 0 saturated carbocycles. The van der Waals surface area contributed by atoms with Gasteiger partial charge < -0.3 is 25.0 Å². The highest BCUT2D eigenvalue weighted by Gasteiger charge is 2.29. The van der Waals surface area contributed by atoms with Crippen LogP contribution in [0.15, 0.2) is 66.7 Å². The van der Waals surface area contributed by atoms with Crippen LogP contribution in [-0.4, -0.2) is 42.7 Å². The number of ether oxygens (including phenoxy) is 2. The van der Waals surface area contributed by atoms with Crippen molar-refractivity contribution in [2.45, 2.75) is 24.5 Å². The summed E-state index contributed by atoms with van der Waals surface area (Å²) in [6.45, 7) is 0.361. The third-order valence-corrected chi connectivity index (χ3v) is 6.11. The maximum Gasteiger partial charge on any atom is 0.407 e. The van der Waals surface area contributed by atoms with E-state index in [1.165, 1.54) is 7.11 Å². The SMILES string of the molecule is COc1cc(Cl)cc(C(O)C(O)CCNC(=O)OCC2c3ccccc3-c3ccccc32)c1. The summed E-state index contributed by atoms with van der Waals surface area (Å²) in [6, 6.07) is 21.1. The molecule has 1 aliphatic rings. The van der Waals surface area contributed by atoms with Crippen molar-refractivity contribution in [3.63, 3.8) is 0 Å². The Morgan fingerprint density at radius 1 is 1.03 bits per heavy atom. The molecule has 33 heavy (non-hydrogen) atoms. The Labute approximate surface area is 197 Å². The molecule has 3 aromatic rings. The number of halogens is 1. The molecule has 3 N–H and O–H groups in total. The molecule has 4 rings (SSSR count). The lowest BCUT2D eigenvalue weighted by Crippen LogP contribution is -2.30. The van der Waals surface area contributed by atoms with E-state index in [4.69, 9.17) is 21.1 Å². The van der Waals surface area contributed by atoms with Gasteiger partial charge >= 0.3 is 6.09 Å². The van der Waals surface area contributed by atoms with E-state index in [2.05, 4.69) is 29.6 Å². The van der Waals surface area contributed by atoms with Gasteiger partial charge in [0.2, 0.25) is 0 Å². The summed E-state index contributed by atoms with van der Waals surface area (Å²) in [6.07, 6.45) is -2.69. The molecule has 0 spiro atoms. The molecular weight excluding hydrogens is 442 g/mol. The summed E-state index contributed by atoms with van der Waals surface area (Å²) in [5.41, 5.74) is 5.05. The second-order valence-electron chi connectivity index (χ2n) is 7.98. The molecule has 0 aliphatic heterocycles. The number of nitrogens with one attached hydrogen (secondary N) is 1. The zero-order chi connectivity index (χ0) is 23.4. The first-order chi connectivity index (χ1) is 16.0. The van der Waals surface area contributed by atoms with Crippen LogP contribution >= 0.6 is 11.6 Å². The van der Waals surface area contributed by atoms with Crippen molar-refractivity contribution in [3.05, 3.63) is 88.4 Å². The lowest BCUT2D eigenvalue weighted by molar-refractivity contribution is 0.0136. The van der Waals surface area contributed by atoms with Crippen LogP contribution < -0.4 is 10.1 Å². The molecule has 0 heterocycles. The summed E-state index contributed by atoms with van der Waals surface area (Å²) in [5.74, 6) is 0.467. The molecule has 3 aromatic carbocycles. The minimum absolute atomic E-state index is 0.0200. The summed E-state index contributed by atoms with van der Waals surface area (Å²) in [7, 11) is 1.50. The van der Waals surface area contributed by atoms with E-state index in [0.29, 0.717) is 16.3 Å². The van der Waals surface area contributed by atoms with Crippen molar-refractivity contribution in [2.24, 2.45) is 0 Å². The van der Waals surface area contributed by atoms with Gasteiger partial charge in [-0.2, -0.15) is 0 Å². The van der Waals surface area contributed by atoms with Crippen LogP contribution in [0, 0.1) is 0 Å².